The number of likely N-dealkylation sites (tertiary alicyclic amines) is 1. The number of hydrogen-bond donors (Lipinski definition) is 0. The van der Waals surface area contributed by atoms with Crippen molar-refractivity contribution in [3.8, 4) is 0 Å². The summed E-state index contributed by atoms with van der Waals surface area (Å²) in [7, 11) is 0. The lowest BCUT2D eigenvalue weighted by atomic mass is 10.2. The van der Waals surface area contributed by atoms with E-state index in [1.807, 2.05) is 31.2 Å². The molecule has 2 heterocycles. The highest BCUT2D eigenvalue weighted by Gasteiger charge is 2.24. The molecule has 0 unspecified atom stereocenters. The fourth-order valence-corrected chi connectivity index (χ4v) is 5.69. The van der Waals surface area contributed by atoms with Crippen molar-refractivity contribution in [2.24, 2.45) is 0 Å². The van der Waals surface area contributed by atoms with E-state index in [1.165, 1.54) is 29.9 Å². The van der Waals surface area contributed by atoms with Crippen molar-refractivity contribution in [3.05, 3.63) is 91.8 Å². The van der Waals surface area contributed by atoms with E-state index in [-0.39, 0.29) is 24.2 Å². The first-order valence-electron chi connectivity index (χ1n) is 12.2. The van der Waals surface area contributed by atoms with Crippen molar-refractivity contribution in [2.75, 3.05) is 32.7 Å². The lowest BCUT2D eigenvalue weighted by Gasteiger charge is -2.29. The third-order valence-electron chi connectivity index (χ3n) is 6.35. The molecule has 1 aromatic heterocycles. The second kappa shape index (κ2) is 12.6. The van der Waals surface area contributed by atoms with Crippen molar-refractivity contribution in [2.45, 2.75) is 32.9 Å². The number of aryl methyl sites for hydroxylation is 1. The van der Waals surface area contributed by atoms with Crippen LogP contribution in [-0.4, -0.2) is 59.2 Å². The summed E-state index contributed by atoms with van der Waals surface area (Å²) in [5.74, 6) is -0.592. The number of nitrogens with zero attached hydrogens (tertiary/aromatic N) is 3. The predicted molar refractivity (Wildman–Crippen MR) is 145 cm³/mol. The Morgan fingerprint density at radius 2 is 1.75 bits per heavy atom. The molecule has 0 radical (unpaired) electrons. The van der Waals surface area contributed by atoms with Crippen LogP contribution in [0.2, 0.25) is 0 Å². The number of halogens is 2. The summed E-state index contributed by atoms with van der Waals surface area (Å²) in [5.41, 5.74) is 1.40. The van der Waals surface area contributed by atoms with E-state index in [2.05, 4.69) is 20.8 Å². The van der Waals surface area contributed by atoms with Crippen LogP contribution < -0.4 is 0 Å². The van der Waals surface area contributed by atoms with Crippen LogP contribution in [0.4, 0.5) is 4.39 Å². The lowest BCUT2D eigenvalue weighted by Crippen LogP contribution is -2.45. The van der Waals surface area contributed by atoms with Gasteiger partial charge in [0.2, 0.25) is 5.91 Å². The molecular formula is C28H31BrFN3O2S. The van der Waals surface area contributed by atoms with Gasteiger partial charge < -0.3 is 14.7 Å². The summed E-state index contributed by atoms with van der Waals surface area (Å²) in [4.78, 5) is 35.2. The Hall–Kier alpha value is -2.55. The van der Waals surface area contributed by atoms with Crippen molar-refractivity contribution >= 4 is 39.1 Å². The molecule has 3 aromatic rings. The van der Waals surface area contributed by atoms with Crippen LogP contribution in [-0.2, 0) is 17.9 Å². The van der Waals surface area contributed by atoms with Crippen LogP contribution in [0.25, 0.3) is 0 Å². The summed E-state index contributed by atoms with van der Waals surface area (Å²) in [6.45, 7) is 6.11. The largest absolute Gasteiger partial charge is 0.332 e. The fourth-order valence-electron chi connectivity index (χ4n) is 4.39. The van der Waals surface area contributed by atoms with Crippen molar-refractivity contribution in [3.63, 3.8) is 0 Å². The molecule has 1 aliphatic rings. The number of thiophene rings is 1. The molecule has 0 atom stereocenters. The molecule has 1 fully saturated rings. The van der Waals surface area contributed by atoms with E-state index in [0.717, 1.165) is 34.5 Å². The van der Waals surface area contributed by atoms with Gasteiger partial charge in [0.05, 0.1) is 6.54 Å². The van der Waals surface area contributed by atoms with Crippen LogP contribution in [0.1, 0.15) is 38.5 Å². The first kappa shape index (κ1) is 26.5. The van der Waals surface area contributed by atoms with Crippen LogP contribution in [0.3, 0.4) is 0 Å². The lowest BCUT2D eigenvalue weighted by molar-refractivity contribution is -0.133. The van der Waals surface area contributed by atoms with Crippen molar-refractivity contribution in [1.82, 2.24) is 14.7 Å². The van der Waals surface area contributed by atoms with Crippen LogP contribution in [0.15, 0.2) is 65.1 Å². The zero-order valence-electron chi connectivity index (χ0n) is 20.5. The molecule has 4 rings (SSSR count). The summed E-state index contributed by atoms with van der Waals surface area (Å²) >= 11 is 5.10. The first-order valence-corrected chi connectivity index (χ1v) is 13.8. The highest BCUT2D eigenvalue weighted by Crippen LogP contribution is 2.20. The number of amides is 2. The van der Waals surface area contributed by atoms with Crippen LogP contribution in [0, 0.1) is 12.7 Å². The Morgan fingerprint density at radius 1 is 1.00 bits per heavy atom. The van der Waals surface area contributed by atoms with Gasteiger partial charge in [0.25, 0.3) is 5.91 Å². The highest BCUT2D eigenvalue weighted by atomic mass is 79.9. The average Bonchev–Trinajstić information content (AvgIpc) is 3.53. The standard InChI is InChI=1S/C28H31BrFN3O2S/c1-21-7-12-26(36-21)19-33(18-22-8-10-25(30)11-9-22)27(34)20-32(16-15-31-13-2-3-14-31)28(35)23-5-4-6-24(29)17-23/h4-12,17H,2-3,13-16,18-20H2,1H3. The molecule has 0 aliphatic carbocycles. The topological polar surface area (TPSA) is 43.9 Å². The van der Waals surface area contributed by atoms with Crippen molar-refractivity contribution < 1.29 is 14.0 Å². The number of carbonyl (C=O) groups excluding carboxylic acids is 2. The Morgan fingerprint density at radius 3 is 2.42 bits per heavy atom. The van der Waals surface area contributed by atoms with Gasteiger partial charge in [-0.1, -0.05) is 34.1 Å². The maximum atomic E-state index is 13.7. The van der Waals surface area contributed by atoms with Crippen molar-refractivity contribution in [1.29, 1.82) is 0 Å². The number of carbonyl (C=O) groups is 2. The highest BCUT2D eigenvalue weighted by molar-refractivity contribution is 9.10. The van der Waals surface area contributed by atoms with E-state index in [0.29, 0.717) is 25.2 Å². The number of benzene rings is 2. The smallest absolute Gasteiger partial charge is 0.254 e. The van der Waals surface area contributed by atoms with E-state index in [9.17, 15) is 14.0 Å². The second-order valence-electron chi connectivity index (χ2n) is 9.17. The zero-order chi connectivity index (χ0) is 25.5. The predicted octanol–water partition coefficient (Wildman–Crippen LogP) is 5.73. The summed E-state index contributed by atoms with van der Waals surface area (Å²) in [6.07, 6.45) is 2.34. The average molecular weight is 573 g/mol. The van der Waals surface area contributed by atoms with E-state index >= 15 is 0 Å². The monoisotopic (exact) mass is 571 g/mol. The maximum Gasteiger partial charge on any atom is 0.254 e. The number of rotatable bonds is 10. The molecule has 1 saturated heterocycles. The molecule has 5 nitrogen and oxygen atoms in total. The molecule has 36 heavy (non-hydrogen) atoms. The van der Waals surface area contributed by atoms with Gasteiger partial charge >= 0.3 is 0 Å². The van der Waals surface area contributed by atoms with Gasteiger partial charge in [-0.3, -0.25) is 9.59 Å². The fraction of sp³-hybridized carbons (Fsp3) is 0.357. The van der Waals surface area contributed by atoms with E-state index in [4.69, 9.17) is 0 Å². The van der Waals surface area contributed by atoms with Gasteiger partial charge in [-0.2, -0.15) is 0 Å². The zero-order valence-corrected chi connectivity index (χ0v) is 22.9. The van der Waals surface area contributed by atoms with Gasteiger partial charge in [0, 0.05) is 39.4 Å². The summed E-state index contributed by atoms with van der Waals surface area (Å²) < 4.78 is 14.3. The van der Waals surface area contributed by atoms with Gasteiger partial charge in [-0.15, -0.1) is 11.3 Å². The third-order valence-corrected chi connectivity index (χ3v) is 7.83. The minimum atomic E-state index is -0.307. The minimum Gasteiger partial charge on any atom is -0.332 e. The minimum absolute atomic E-state index is 0.00919. The Bertz CT molecular complexity index is 1180. The molecular weight excluding hydrogens is 541 g/mol. The molecule has 2 aromatic carbocycles. The molecule has 1 aliphatic heterocycles. The second-order valence-corrected chi connectivity index (χ2v) is 11.5. The molecule has 0 N–H and O–H groups in total. The SMILES string of the molecule is Cc1ccc(CN(Cc2ccc(F)cc2)C(=O)CN(CCN2CCCC2)C(=O)c2cccc(Br)c2)s1. The van der Waals surface area contributed by atoms with E-state index in [1.54, 1.807) is 45.4 Å². The molecule has 0 saturated carbocycles. The van der Waals surface area contributed by atoms with Crippen LogP contribution in [0.5, 0.6) is 0 Å². The van der Waals surface area contributed by atoms with Gasteiger partial charge in [0.15, 0.2) is 0 Å². The van der Waals surface area contributed by atoms with Crippen LogP contribution >= 0.6 is 27.3 Å². The van der Waals surface area contributed by atoms with Gasteiger partial charge in [0.1, 0.15) is 12.4 Å². The number of hydrogen-bond acceptors (Lipinski definition) is 4. The third kappa shape index (κ3) is 7.48. The van der Waals surface area contributed by atoms with Gasteiger partial charge in [-0.05, 0) is 80.9 Å². The molecule has 2 amide bonds. The molecule has 190 valence electrons. The Balaban J connectivity index is 1.54. The molecule has 8 heteroatoms. The summed E-state index contributed by atoms with van der Waals surface area (Å²) in [6, 6.07) is 17.6. The maximum absolute atomic E-state index is 13.7. The Kier molecular flexibility index (Phi) is 9.29. The van der Waals surface area contributed by atoms with E-state index < -0.39 is 0 Å². The quantitative estimate of drug-likeness (QED) is 0.312. The molecule has 0 bridgehead atoms. The summed E-state index contributed by atoms with van der Waals surface area (Å²) in [5, 5.41) is 0. The Labute approximate surface area is 224 Å². The first-order chi connectivity index (χ1) is 17.4. The van der Waals surface area contributed by atoms with Gasteiger partial charge in [-0.25, -0.2) is 4.39 Å². The normalized spacial score (nSPS) is 13.6. The molecule has 0 spiro atoms.